The lowest BCUT2D eigenvalue weighted by atomic mass is 9.87. The van der Waals surface area contributed by atoms with Gasteiger partial charge in [-0.15, -0.1) is 0 Å². The Labute approximate surface area is 111 Å². The van der Waals surface area contributed by atoms with Gasteiger partial charge in [0.25, 0.3) is 0 Å². The molecule has 3 rings (SSSR count). The number of carbonyl (C=O) groups excluding carboxylic acids is 1. The van der Waals surface area contributed by atoms with Crippen molar-refractivity contribution in [2.24, 2.45) is 11.8 Å². The van der Waals surface area contributed by atoms with E-state index >= 15 is 0 Å². The average molecular weight is 260 g/mol. The van der Waals surface area contributed by atoms with Crippen molar-refractivity contribution < 1.29 is 9.53 Å². The first-order valence-corrected chi connectivity index (χ1v) is 7.09. The molecule has 0 amide bonds. The molecule has 1 aromatic rings. The third kappa shape index (κ3) is 1.73. The van der Waals surface area contributed by atoms with Crippen LogP contribution in [0.1, 0.15) is 13.8 Å². The van der Waals surface area contributed by atoms with Crippen LogP contribution in [0, 0.1) is 11.8 Å². The van der Waals surface area contributed by atoms with Crippen molar-refractivity contribution in [3.8, 4) is 0 Å². The Morgan fingerprint density at radius 1 is 1.22 bits per heavy atom. The summed E-state index contributed by atoms with van der Waals surface area (Å²) in [7, 11) is 0. The summed E-state index contributed by atoms with van der Waals surface area (Å²) in [6, 6.07) is 10.1. The minimum absolute atomic E-state index is 0.0248. The predicted molar refractivity (Wildman–Crippen MR) is 72.4 cm³/mol. The number of hydrogen-bond acceptors (Lipinski definition) is 3. The van der Waals surface area contributed by atoms with Crippen LogP contribution in [0.15, 0.2) is 47.4 Å². The van der Waals surface area contributed by atoms with Crippen LogP contribution in [0.4, 0.5) is 0 Å². The summed E-state index contributed by atoms with van der Waals surface area (Å²) >= 11 is 1.64. The molecule has 1 saturated heterocycles. The zero-order valence-corrected chi connectivity index (χ0v) is 11.3. The smallest absolute Gasteiger partial charge is 0.147 e. The SMILES string of the molecule is C[C@@H]1C(=O)[C@H](C)[C@]2(Sc3ccccc3)C=C[C@@H]1O2. The summed E-state index contributed by atoms with van der Waals surface area (Å²) in [5.41, 5.74) is 0. The molecule has 0 N–H and O–H groups in total. The third-order valence-electron chi connectivity index (χ3n) is 3.83. The van der Waals surface area contributed by atoms with Crippen LogP contribution >= 0.6 is 11.8 Å². The molecule has 0 aliphatic carbocycles. The van der Waals surface area contributed by atoms with Crippen molar-refractivity contribution in [1.29, 1.82) is 0 Å². The van der Waals surface area contributed by atoms with Crippen LogP contribution in [-0.4, -0.2) is 16.8 Å². The normalized spacial score (nSPS) is 38.1. The van der Waals surface area contributed by atoms with Crippen molar-refractivity contribution in [1.82, 2.24) is 0 Å². The Kier molecular flexibility index (Phi) is 2.83. The highest BCUT2D eigenvalue weighted by molar-refractivity contribution is 8.00. The summed E-state index contributed by atoms with van der Waals surface area (Å²) in [4.78, 5) is 12.9. The topological polar surface area (TPSA) is 26.3 Å². The predicted octanol–water partition coefficient (Wildman–Crippen LogP) is 3.28. The minimum atomic E-state index is -0.504. The minimum Gasteiger partial charge on any atom is -0.352 e. The van der Waals surface area contributed by atoms with Crippen LogP contribution in [-0.2, 0) is 9.53 Å². The van der Waals surface area contributed by atoms with E-state index in [2.05, 4.69) is 18.2 Å². The number of hydrogen-bond donors (Lipinski definition) is 0. The lowest BCUT2D eigenvalue weighted by molar-refractivity contribution is -0.146. The fourth-order valence-corrected chi connectivity index (χ4v) is 3.87. The Hall–Kier alpha value is -1.06. The van der Waals surface area contributed by atoms with Gasteiger partial charge >= 0.3 is 0 Å². The third-order valence-corrected chi connectivity index (χ3v) is 5.24. The molecule has 18 heavy (non-hydrogen) atoms. The van der Waals surface area contributed by atoms with Gasteiger partial charge in [0.1, 0.15) is 10.7 Å². The number of ketones is 1. The molecule has 4 atom stereocenters. The molecule has 2 aliphatic rings. The van der Waals surface area contributed by atoms with E-state index in [4.69, 9.17) is 4.74 Å². The van der Waals surface area contributed by atoms with E-state index in [0.29, 0.717) is 5.78 Å². The van der Waals surface area contributed by atoms with Gasteiger partial charge in [0.15, 0.2) is 0 Å². The molecule has 94 valence electrons. The Morgan fingerprint density at radius 3 is 2.67 bits per heavy atom. The first-order chi connectivity index (χ1) is 8.62. The number of ether oxygens (including phenoxy) is 1. The number of rotatable bonds is 2. The quantitative estimate of drug-likeness (QED) is 0.763. The molecule has 0 unspecified atom stereocenters. The molecular weight excluding hydrogens is 244 g/mol. The molecular formula is C15H16O2S. The summed E-state index contributed by atoms with van der Waals surface area (Å²) in [6.45, 7) is 3.93. The Balaban J connectivity index is 1.91. The molecule has 0 spiro atoms. The van der Waals surface area contributed by atoms with E-state index in [9.17, 15) is 4.79 Å². The van der Waals surface area contributed by atoms with Crippen LogP contribution < -0.4 is 0 Å². The first-order valence-electron chi connectivity index (χ1n) is 6.27. The van der Waals surface area contributed by atoms with Gasteiger partial charge in [0.05, 0.1) is 12.0 Å². The van der Waals surface area contributed by atoms with Crippen molar-refractivity contribution >= 4 is 17.5 Å². The van der Waals surface area contributed by atoms with E-state index in [1.807, 2.05) is 38.1 Å². The molecule has 1 aromatic carbocycles. The molecule has 1 fully saturated rings. The van der Waals surface area contributed by atoms with Crippen molar-refractivity contribution in [2.45, 2.75) is 29.8 Å². The number of benzene rings is 1. The van der Waals surface area contributed by atoms with Crippen molar-refractivity contribution in [3.05, 3.63) is 42.5 Å². The maximum Gasteiger partial charge on any atom is 0.147 e. The largest absolute Gasteiger partial charge is 0.352 e. The second-order valence-corrected chi connectivity index (χ2v) is 6.30. The average Bonchev–Trinajstić information content (AvgIpc) is 2.79. The van der Waals surface area contributed by atoms with Crippen LogP contribution in [0.2, 0.25) is 0 Å². The fourth-order valence-electron chi connectivity index (χ4n) is 2.61. The van der Waals surface area contributed by atoms with Crippen molar-refractivity contribution in [3.63, 3.8) is 0 Å². The van der Waals surface area contributed by atoms with E-state index in [1.54, 1.807) is 11.8 Å². The van der Waals surface area contributed by atoms with Crippen molar-refractivity contribution in [2.75, 3.05) is 0 Å². The Bertz CT molecular complexity index is 496. The fraction of sp³-hybridized carbons (Fsp3) is 0.400. The van der Waals surface area contributed by atoms with Gasteiger partial charge in [-0.2, -0.15) is 0 Å². The van der Waals surface area contributed by atoms with E-state index < -0.39 is 4.93 Å². The lowest BCUT2D eigenvalue weighted by Gasteiger charge is -2.40. The molecule has 0 aromatic heterocycles. The second-order valence-electron chi connectivity index (χ2n) is 4.99. The van der Waals surface area contributed by atoms with Gasteiger partial charge in [0.2, 0.25) is 0 Å². The number of fused-ring (bicyclic) bond motifs is 2. The van der Waals surface area contributed by atoms with E-state index in [0.717, 1.165) is 4.90 Å². The van der Waals surface area contributed by atoms with Gasteiger partial charge in [-0.05, 0) is 18.2 Å². The number of thioether (sulfide) groups is 1. The molecule has 2 aliphatic heterocycles. The molecule has 0 radical (unpaired) electrons. The highest BCUT2D eigenvalue weighted by Gasteiger charge is 2.52. The van der Waals surface area contributed by atoms with Gasteiger partial charge < -0.3 is 4.74 Å². The van der Waals surface area contributed by atoms with Crippen LogP contribution in [0.25, 0.3) is 0 Å². The standard InChI is InChI=1S/C15H16O2S/c1-10-13-8-9-15(17-13,11(2)14(10)16)18-12-6-4-3-5-7-12/h3-11,13H,1-2H3/t10-,11-,13-,15+/m0/s1. The lowest BCUT2D eigenvalue weighted by Crippen LogP contribution is -2.48. The van der Waals surface area contributed by atoms with E-state index in [1.165, 1.54) is 0 Å². The summed E-state index contributed by atoms with van der Waals surface area (Å²) < 4.78 is 6.11. The van der Waals surface area contributed by atoms with Gasteiger partial charge in [-0.3, -0.25) is 4.79 Å². The van der Waals surface area contributed by atoms with Crippen LogP contribution in [0.5, 0.6) is 0 Å². The highest BCUT2D eigenvalue weighted by atomic mass is 32.2. The zero-order chi connectivity index (χ0) is 12.8. The summed E-state index contributed by atoms with van der Waals surface area (Å²) in [5, 5.41) is 0. The van der Waals surface area contributed by atoms with Gasteiger partial charge in [0, 0.05) is 10.8 Å². The molecule has 2 nitrogen and oxygen atoms in total. The Morgan fingerprint density at radius 2 is 1.94 bits per heavy atom. The highest BCUT2D eigenvalue weighted by Crippen LogP contribution is 2.50. The number of carbonyl (C=O) groups is 1. The van der Waals surface area contributed by atoms with E-state index in [-0.39, 0.29) is 17.9 Å². The maximum atomic E-state index is 12.2. The molecule has 2 heterocycles. The summed E-state index contributed by atoms with van der Waals surface area (Å²) in [6.07, 6.45) is 4.06. The first kappa shape index (κ1) is 12.0. The zero-order valence-electron chi connectivity index (χ0n) is 10.5. The van der Waals surface area contributed by atoms with Gasteiger partial charge in [-0.1, -0.05) is 49.9 Å². The monoisotopic (exact) mass is 260 g/mol. The summed E-state index contributed by atoms with van der Waals surface area (Å²) in [5.74, 6) is 0.177. The molecule has 2 bridgehead atoms. The number of Topliss-reactive ketones (excluding diaryl/α,β-unsaturated/α-hetero) is 1. The van der Waals surface area contributed by atoms with Gasteiger partial charge in [-0.25, -0.2) is 0 Å². The molecule has 3 heteroatoms. The van der Waals surface area contributed by atoms with Crippen LogP contribution in [0.3, 0.4) is 0 Å². The second kappa shape index (κ2) is 4.25. The maximum absolute atomic E-state index is 12.2. The molecule has 0 saturated carbocycles.